The van der Waals surface area contributed by atoms with Gasteiger partial charge in [0.2, 0.25) is 0 Å². The zero-order chi connectivity index (χ0) is 74.0. The molecule has 0 fully saturated rings. The highest BCUT2D eigenvalue weighted by Crippen LogP contribution is 2.45. The lowest BCUT2D eigenvalue weighted by Gasteiger charge is -2.14. The predicted molar refractivity (Wildman–Crippen MR) is 470 cm³/mol. The fourth-order valence-corrected chi connectivity index (χ4v) is 16.9. The first-order valence-corrected chi connectivity index (χ1v) is 38.3. The molecule has 0 aliphatic rings. The van der Waals surface area contributed by atoms with Gasteiger partial charge in [-0.2, -0.15) is 0 Å². The summed E-state index contributed by atoms with van der Waals surface area (Å²) < 4.78 is 18.0. The van der Waals surface area contributed by atoms with Crippen molar-refractivity contribution in [1.82, 2.24) is 9.13 Å². The van der Waals surface area contributed by atoms with Crippen LogP contribution in [0.2, 0.25) is 0 Å². The molecule has 0 unspecified atom stereocenters. The van der Waals surface area contributed by atoms with Crippen LogP contribution in [-0.2, 0) is 0 Å². The number of hydrogen-bond donors (Lipinski definition) is 0. The van der Waals surface area contributed by atoms with Crippen LogP contribution in [0.4, 0.5) is 0 Å². The molecule has 0 aliphatic heterocycles. The Hall–Kier alpha value is -14.8. The Labute approximate surface area is 648 Å². The summed E-state index contributed by atoms with van der Waals surface area (Å²) >= 11 is 0. The van der Waals surface area contributed by atoms with Crippen LogP contribution in [0.3, 0.4) is 0 Å². The van der Waals surface area contributed by atoms with E-state index in [1.165, 1.54) is 93.7 Å². The molecule has 0 aliphatic carbocycles. The molecule has 0 N–H and O–H groups in total. The van der Waals surface area contributed by atoms with Crippen molar-refractivity contribution in [2.24, 2.45) is 0 Å². The minimum Gasteiger partial charge on any atom is -0.455 e. The van der Waals surface area contributed by atoms with E-state index in [-0.39, 0.29) is 0 Å². The van der Waals surface area contributed by atoms with Gasteiger partial charge in [-0.05, 0) is 203 Å². The number of fused-ring (bicyclic) bond motifs is 12. The van der Waals surface area contributed by atoms with Crippen molar-refractivity contribution in [2.45, 2.75) is 0 Å². The van der Waals surface area contributed by atoms with Crippen LogP contribution in [0.5, 0.6) is 0 Å². The van der Waals surface area contributed by atoms with E-state index in [0.29, 0.717) is 0 Å². The number of aromatic nitrogens is 2. The van der Waals surface area contributed by atoms with Crippen molar-refractivity contribution in [3.8, 4) is 123 Å². The monoisotopic (exact) mass is 1430 g/mol. The van der Waals surface area contributed by atoms with E-state index in [1.54, 1.807) is 0 Å². The van der Waals surface area contributed by atoms with Gasteiger partial charge >= 0.3 is 0 Å². The molecular formula is C108H70N2O2. The highest BCUT2D eigenvalue weighted by molar-refractivity contribution is 6.14. The van der Waals surface area contributed by atoms with Gasteiger partial charge in [0.1, 0.15) is 22.3 Å². The van der Waals surface area contributed by atoms with E-state index < -0.39 is 0 Å². The van der Waals surface area contributed by atoms with Crippen LogP contribution in [0, 0.1) is 0 Å². The average Bonchev–Trinajstić information content (AvgIpc) is 1.59. The topological polar surface area (TPSA) is 36.1 Å². The van der Waals surface area contributed by atoms with Gasteiger partial charge in [0.25, 0.3) is 0 Å². The molecule has 524 valence electrons. The number of benzene rings is 18. The van der Waals surface area contributed by atoms with Gasteiger partial charge in [0.05, 0.1) is 22.1 Å². The molecule has 18 aromatic carbocycles. The third-order valence-corrected chi connectivity index (χ3v) is 22.4. The first-order chi connectivity index (χ1) is 55.5. The number of rotatable bonds is 12. The largest absolute Gasteiger partial charge is 0.455 e. The third kappa shape index (κ3) is 11.8. The van der Waals surface area contributed by atoms with Crippen molar-refractivity contribution in [3.63, 3.8) is 0 Å². The van der Waals surface area contributed by atoms with Crippen LogP contribution >= 0.6 is 0 Å². The quantitative estimate of drug-likeness (QED) is 0.122. The Kier molecular flexibility index (Phi) is 16.2. The summed E-state index contributed by atoms with van der Waals surface area (Å²) in [7, 11) is 0. The maximum absolute atomic E-state index is 6.60. The van der Waals surface area contributed by atoms with Crippen molar-refractivity contribution in [2.75, 3.05) is 0 Å². The summed E-state index contributed by atoms with van der Waals surface area (Å²) in [5, 5.41) is 9.45. The van der Waals surface area contributed by atoms with Crippen LogP contribution in [0.1, 0.15) is 0 Å². The van der Waals surface area contributed by atoms with Crippen LogP contribution in [0.25, 0.3) is 210 Å². The normalized spacial score (nSPS) is 11.6. The predicted octanol–water partition coefficient (Wildman–Crippen LogP) is 30.0. The second-order valence-electron chi connectivity index (χ2n) is 29.1. The van der Waals surface area contributed by atoms with Crippen molar-refractivity contribution in [3.05, 3.63) is 425 Å². The number of nitrogens with zero attached hydrogens (tertiary/aromatic N) is 2. The zero-order valence-corrected chi connectivity index (χ0v) is 61.1. The molecule has 0 saturated carbocycles. The van der Waals surface area contributed by atoms with Gasteiger partial charge in [-0.1, -0.05) is 322 Å². The van der Waals surface area contributed by atoms with Crippen molar-refractivity contribution >= 4 is 87.5 Å². The minimum absolute atomic E-state index is 0.900. The molecule has 22 rings (SSSR count). The number of hydrogen-bond acceptors (Lipinski definition) is 2. The van der Waals surface area contributed by atoms with Crippen molar-refractivity contribution < 1.29 is 8.83 Å². The second kappa shape index (κ2) is 27.7. The molecule has 0 amide bonds. The van der Waals surface area contributed by atoms with E-state index in [1.807, 2.05) is 12.1 Å². The smallest absolute Gasteiger partial charge is 0.143 e. The van der Waals surface area contributed by atoms with Gasteiger partial charge in [-0.3, -0.25) is 0 Å². The lowest BCUT2D eigenvalue weighted by molar-refractivity contribution is 0.669. The first kappa shape index (κ1) is 65.5. The SMILES string of the molecule is c1ccc(-c2ccc(-c3cc(-c4ccc5c6ccccc6n(-c6cccc(-c7ccccc7)c6)c5c4)cc(-c4cccc5c4oc4ccccc45)c3)cc2)cc1.c1ccc(-c2cccc(-c3cc(-c4ccc5c6ccccc6n(-c6cccc(-c7ccccc7)c6)c5c4)cc(-c4cccc5c4oc4ccccc45)c3)c2)cc1. The molecule has 0 spiro atoms. The van der Waals surface area contributed by atoms with E-state index >= 15 is 0 Å². The van der Waals surface area contributed by atoms with E-state index in [9.17, 15) is 0 Å². The summed E-state index contributed by atoms with van der Waals surface area (Å²) in [6.45, 7) is 0. The molecule has 4 heteroatoms. The maximum Gasteiger partial charge on any atom is 0.143 e. The molecule has 0 radical (unpaired) electrons. The van der Waals surface area contributed by atoms with Gasteiger partial charge in [0, 0.05) is 65.6 Å². The Bertz CT molecular complexity index is 7350. The van der Waals surface area contributed by atoms with E-state index in [2.05, 4.69) is 422 Å². The third-order valence-electron chi connectivity index (χ3n) is 22.4. The molecule has 112 heavy (non-hydrogen) atoms. The summed E-state index contributed by atoms with van der Waals surface area (Å²) in [6, 6.07) is 153. The van der Waals surface area contributed by atoms with Gasteiger partial charge in [0.15, 0.2) is 0 Å². The number of furan rings is 2. The van der Waals surface area contributed by atoms with Crippen molar-refractivity contribution in [1.29, 1.82) is 0 Å². The fourth-order valence-electron chi connectivity index (χ4n) is 16.9. The lowest BCUT2D eigenvalue weighted by atomic mass is 9.91. The molecule has 4 heterocycles. The Morgan fingerprint density at radius 3 is 0.830 bits per heavy atom. The Morgan fingerprint density at radius 1 is 0.143 bits per heavy atom. The fraction of sp³-hybridized carbons (Fsp3) is 0. The van der Waals surface area contributed by atoms with Crippen LogP contribution in [0.15, 0.2) is 433 Å². The standard InChI is InChI=1S/2C54H35NO/c1-3-14-36(15-4-1)38-18-11-19-39(30-38)42-31-43(33-44(32-42)46-24-13-25-50-49-23-8-10-27-53(49)56-54(46)50)41-28-29-48-47-22-7-9-26-51(47)55(52(48)35-41)45-21-12-20-40(34-45)37-16-5-2-6-17-37;1-3-13-36(14-4-1)38-25-27-39(28-26-38)42-31-43(33-44(32-42)46-21-12-22-50-49-20-8-10-24-53(49)56-54(46)50)41-29-30-48-47-19-7-9-23-51(47)55(52(48)35-41)45-18-11-17-40(34-45)37-15-5-2-6-16-37/h2*1-35H. The van der Waals surface area contributed by atoms with Crippen LogP contribution < -0.4 is 0 Å². The van der Waals surface area contributed by atoms with Gasteiger partial charge < -0.3 is 18.0 Å². The van der Waals surface area contributed by atoms with Crippen LogP contribution in [-0.4, -0.2) is 9.13 Å². The molecule has 0 atom stereocenters. The molecule has 22 aromatic rings. The number of para-hydroxylation sites is 6. The van der Waals surface area contributed by atoms with Gasteiger partial charge in [-0.25, -0.2) is 0 Å². The Balaban J connectivity index is 0.000000141. The average molecular weight is 1430 g/mol. The molecule has 0 saturated heterocycles. The minimum atomic E-state index is 0.900. The highest BCUT2D eigenvalue weighted by atomic mass is 16.3. The van der Waals surface area contributed by atoms with E-state index in [0.717, 1.165) is 116 Å². The molecular weight excluding hydrogens is 1360 g/mol. The zero-order valence-electron chi connectivity index (χ0n) is 61.1. The maximum atomic E-state index is 6.60. The summed E-state index contributed by atoms with van der Waals surface area (Å²) in [6.07, 6.45) is 0. The molecule has 4 aromatic heterocycles. The Morgan fingerprint density at radius 2 is 0.402 bits per heavy atom. The van der Waals surface area contributed by atoms with Gasteiger partial charge in [-0.15, -0.1) is 0 Å². The van der Waals surface area contributed by atoms with E-state index in [4.69, 9.17) is 8.83 Å². The first-order valence-electron chi connectivity index (χ1n) is 38.3. The molecule has 4 nitrogen and oxygen atoms in total. The lowest BCUT2D eigenvalue weighted by Crippen LogP contribution is -1.94. The second-order valence-corrected chi connectivity index (χ2v) is 29.1. The molecule has 0 bridgehead atoms. The highest BCUT2D eigenvalue weighted by Gasteiger charge is 2.22. The summed E-state index contributed by atoms with van der Waals surface area (Å²) in [5.41, 5.74) is 33.8. The summed E-state index contributed by atoms with van der Waals surface area (Å²) in [4.78, 5) is 0. The summed E-state index contributed by atoms with van der Waals surface area (Å²) in [5.74, 6) is 0.